The van der Waals surface area contributed by atoms with Crippen LogP contribution in [0.5, 0.6) is 5.75 Å². The van der Waals surface area contributed by atoms with Crippen LogP contribution in [0.2, 0.25) is 0 Å². The largest absolute Gasteiger partial charge is 0.483 e. The summed E-state index contributed by atoms with van der Waals surface area (Å²) in [7, 11) is 0. The number of nitrogens with zero attached hydrogens (tertiary/aromatic N) is 2. The zero-order valence-corrected chi connectivity index (χ0v) is 22.7. The number of carbonyl (C=O) groups excluding carboxylic acids is 2. The van der Waals surface area contributed by atoms with Gasteiger partial charge in [-0.3, -0.25) is 14.6 Å². The summed E-state index contributed by atoms with van der Waals surface area (Å²) in [5.74, 6) is 1.28. The average molecular weight is 534 g/mol. The molecule has 2 amide bonds. The molecule has 6 nitrogen and oxygen atoms in total. The highest BCUT2D eigenvalue weighted by Gasteiger charge is 2.23. The number of hydrogen-bond acceptors (Lipinski definition) is 4. The molecular weight excluding hydrogens is 498 g/mol. The Hall–Kier alpha value is -4.45. The monoisotopic (exact) mass is 533 g/mol. The van der Waals surface area contributed by atoms with Gasteiger partial charge in [0.15, 0.2) is 6.61 Å². The van der Waals surface area contributed by atoms with Crippen LogP contribution in [-0.4, -0.2) is 41.4 Å². The molecule has 1 saturated heterocycles. The number of likely N-dealkylation sites (tertiary alicyclic amines) is 1. The van der Waals surface area contributed by atoms with Crippen LogP contribution in [0, 0.1) is 5.92 Å². The lowest BCUT2D eigenvalue weighted by molar-refractivity contribution is -0.134. The molecule has 3 aromatic carbocycles. The fraction of sp³-hybridized carbons (Fsp3) is 0.265. The number of nitrogens with one attached hydrogen (secondary N) is 1. The van der Waals surface area contributed by atoms with E-state index in [2.05, 4.69) is 10.3 Å². The van der Waals surface area contributed by atoms with Crippen molar-refractivity contribution in [3.8, 4) is 16.9 Å². The molecule has 4 aromatic rings. The first-order valence-electron chi connectivity index (χ1n) is 14.0. The number of carbonyl (C=O) groups is 2. The first-order valence-corrected chi connectivity index (χ1v) is 14.0. The van der Waals surface area contributed by atoms with Crippen molar-refractivity contribution in [1.82, 2.24) is 15.2 Å². The first kappa shape index (κ1) is 27.1. The highest BCUT2D eigenvalue weighted by molar-refractivity contribution is 5.94. The van der Waals surface area contributed by atoms with Gasteiger partial charge >= 0.3 is 0 Å². The van der Waals surface area contributed by atoms with Gasteiger partial charge in [-0.1, -0.05) is 66.7 Å². The molecule has 40 heavy (non-hydrogen) atoms. The topological polar surface area (TPSA) is 71.5 Å². The molecule has 0 spiro atoms. The van der Waals surface area contributed by atoms with Crippen molar-refractivity contribution < 1.29 is 14.3 Å². The minimum Gasteiger partial charge on any atom is -0.483 e. The summed E-state index contributed by atoms with van der Waals surface area (Å²) >= 11 is 0. The Morgan fingerprint density at radius 2 is 1.60 bits per heavy atom. The quantitative estimate of drug-likeness (QED) is 0.274. The van der Waals surface area contributed by atoms with Crippen molar-refractivity contribution in [3.05, 3.63) is 120 Å². The molecule has 2 heterocycles. The number of aryl methyl sites for hydroxylation is 1. The molecule has 1 fully saturated rings. The second kappa shape index (κ2) is 13.6. The summed E-state index contributed by atoms with van der Waals surface area (Å²) in [4.78, 5) is 31.3. The van der Waals surface area contributed by atoms with Gasteiger partial charge in [-0.25, -0.2) is 0 Å². The number of para-hydroxylation sites is 1. The average Bonchev–Trinajstić information content (AvgIpc) is 3.03. The summed E-state index contributed by atoms with van der Waals surface area (Å²) in [5.41, 5.74) is 4.93. The number of hydrogen-bond donors (Lipinski definition) is 1. The minimum atomic E-state index is -0.0834. The molecule has 1 aliphatic rings. The zero-order valence-electron chi connectivity index (χ0n) is 22.7. The van der Waals surface area contributed by atoms with Crippen molar-refractivity contribution in [1.29, 1.82) is 0 Å². The Kier molecular flexibility index (Phi) is 9.20. The minimum absolute atomic E-state index is 0.0405. The van der Waals surface area contributed by atoms with Gasteiger partial charge in [0.2, 0.25) is 0 Å². The van der Waals surface area contributed by atoms with Gasteiger partial charge in [-0.2, -0.15) is 0 Å². The Morgan fingerprint density at radius 1 is 0.850 bits per heavy atom. The molecule has 1 aliphatic heterocycles. The van der Waals surface area contributed by atoms with E-state index in [4.69, 9.17) is 4.74 Å². The maximum Gasteiger partial charge on any atom is 0.260 e. The van der Waals surface area contributed by atoms with E-state index in [0.717, 1.165) is 61.2 Å². The van der Waals surface area contributed by atoms with E-state index in [0.29, 0.717) is 18.0 Å². The standard InChI is InChI=1S/C34H35N3O3/c38-33(25-40-32-11-5-4-10-31(32)29-8-2-1-3-9-29)37-21-18-27(19-22-37)13-12-26-14-16-30(17-15-26)34(39)36-24-28-7-6-20-35-23-28/h1-11,14-17,20,23,27H,12-13,18-19,21-22,24-25H2,(H,36,39). The Balaban J connectivity index is 1.03. The third-order valence-electron chi connectivity index (χ3n) is 7.52. The number of rotatable bonds is 10. The van der Waals surface area contributed by atoms with Gasteiger partial charge in [-0.15, -0.1) is 0 Å². The Bertz CT molecular complexity index is 1380. The van der Waals surface area contributed by atoms with Gasteiger partial charge in [0.1, 0.15) is 5.75 Å². The van der Waals surface area contributed by atoms with Crippen LogP contribution >= 0.6 is 0 Å². The summed E-state index contributed by atoms with van der Waals surface area (Å²) in [6.45, 7) is 2.05. The third kappa shape index (κ3) is 7.35. The Morgan fingerprint density at radius 3 is 2.35 bits per heavy atom. The molecule has 6 heteroatoms. The summed E-state index contributed by atoms with van der Waals surface area (Å²) in [6, 6.07) is 29.6. The number of pyridine rings is 1. The lowest BCUT2D eigenvalue weighted by Crippen LogP contribution is -2.41. The second-order valence-electron chi connectivity index (χ2n) is 10.3. The van der Waals surface area contributed by atoms with E-state index in [-0.39, 0.29) is 18.4 Å². The number of ether oxygens (including phenoxy) is 1. The molecule has 5 rings (SSSR count). The number of piperidine rings is 1. The van der Waals surface area contributed by atoms with Crippen LogP contribution < -0.4 is 10.1 Å². The predicted molar refractivity (Wildman–Crippen MR) is 157 cm³/mol. The molecule has 204 valence electrons. The molecule has 0 atom stereocenters. The maximum absolute atomic E-state index is 12.9. The molecule has 0 bridgehead atoms. The smallest absolute Gasteiger partial charge is 0.260 e. The van der Waals surface area contributed by atoms with E-state index in [1.807, 2.05) is 95.9 Å². The van der Waals surface area contributed by atoms with Gasteiger partial charge in [0, 0.05) is 43.2 Å². The first-order chi connectivity index (χ1) is 19.7. The fourth-order valence-corrected chi connectivity index (χ4v) is 5.13. The Labute approximate surface area is 236 Å². The van der Waals surface area contributed by atoms with E-state index in [1.165, 1.54) is 5.56 Å². The normalized spacial score (nSPS) is 13.6. The van der Waals surface area contributed by atoms with E-state index in [1.54, 1.807) is 12.4 Å². The van der Waals surface area contributed by atoms with Crippen molar-refractivity contribution in [2.75, 3.05) is 19.7 Å². The fourth-order valence-electron chi connectivity index (χ4n) is 5.13. The van der Waals surface area contributed by atoms with Crippen molar-refractivity contribution in [2.45, 2.75) is 32.2 Å². The highest BCUT2D eigenvalue weighted by atomic mass is 16.5. The molecule has 0 radical (unpaired) electrons. The van der Waals surface area contributed by atoms with Gasteiger partial charge in [0.05, 0.1) is 0 Å². The molecule has 0 saturated carbocycles. The number of aromatic nitrogens is 1. The van der Waals surface area contributed by atoms with E-state index in [9.17, 15) is 9.59 Å². The molecule has 0 unspecified atom stereocenters. The molecule has 1 N–H and O–H groups in total. The van der Waals surface area contributed by atoms with Crippen molar-refractivity contribution >= 4 is 11.8 Å². The van der Waals surface area contributed by atoms with Gasteiger partial charge in [-0.05, 0) is 72.6 Å². The molecule has 0 aliphatic carbocycles. The van der Waals surface area contributed by atoms with Crippen LogP contribution in [0.1, 0.15) is 40.7 Å². The van der Waals surface area contributed by atoms with Crippen LogP contribution in [0.3, 0.4) is 0 Å². The highest BCUT2D eigenvalue weighted by Crippen LogP contribution is 2.30. The molecular formula is C34H35N3O3. The summed E-state index contributed by atoms with van der Waals surface area (Å²) in [6.07, 6.45) is 7.52. The van der Waals surface area contributed by atoms with E-state index < -0.39 is 0 Å². The zero-order chi connectivity index (χ0) is 27.6. The second-order valence-corrected chi connectivity index (χ2v) is 10.3. The lowest BCUT2D eigenvalue weighted by atomic mass is 9.90. The van der Waals surface area contributed by atoms with E-state index >= 15 is 0 Å². The summed E-state index contributed by atoms with van der Waals surface area (Å²) in [5, 5.41) is 2.94. The SMILES string of the molecule is O=C(NCc1cccnc1)c1ccc(CCC2CCN(C(=O)COc3ccccc3-c3ccccc3)CC2)cc1. The van der Waals surface area contributed by atoms with Crippen LogP contribution in [0.4, 0.5) is 0 Å². The van der Waals surface area contributed by atoms with Crippen LogP contribution in [0.15, 0.2) is 103 Å². The number of benzene rings is 3. The van der Waals surface area contributed by atoms with Crippen LogP contribution in [0.25, 0.3) is 11.1 Å². The lowest BCUT2D eigenvalue weighted by Gasteiger charge is -2.32. The van der Waals surface area contributed by atoms with Gasteiger partial charge in [0.25, 0.3) is 11.8 Å². The third-order valence-corrected chi connectivity index (χ3v) is 7.52. The number of amides is 2. The van der Waals surface area contributed by atoms with Gasteiger partial charge < -0.3 is 15.0 Å². The van der Waals surface area contributed by atoms with Crippen molar-refractivity contribution in [3.63, 3.8) is 0 Å². The maximum atomic E-state index is 12.9. The van der Waals surface area contributed by atoms with Crippen molar-refractivity contribution in [2.24, 2.45) is 5.92 Å². The van der Waals surface area contributed by atoms with Crippen LogP contribution in [-0.2, 0) is 17.8 Å². The molecule has 1 aromatic heterocycles. The predicted octanol–water partition coefficient (Wildman–Crippen LogP) is 5.93. The summed E-state index contributed by atoms with van der Waals surface area (Å²) < 4.78 is 5.98.